The van der Waals surface area contributed by atoms with Crippen LogP contribution in [0.1, 0.15) is 5.69 Å². The molecule has 19 heavy (non-hydrogen) atoms. The molecule has 0 atom stereocenters. The molecule has 0 aliphatic heterocycles. The highest BCUT2D eigenvalue weighted by Gasteiger charge is 2.09. The van der Waals surface area contributed by atoms with Crippen LogP contribution in [-0.2, 0) is 0 Å². The highest BCUT2D eigenvalue weighted by Crippen LogP contribution is 2.24. The summed E-state index contributed by atoms with van der Waals surface area (Å²) in [6.45, 7) is 1.75. The van der Waals surface area contributed by atoms with Crippen molar-refractivity contribution in [2.24, 2.45) is 0 Å². The summed E-state index contributed by atoms with van der Waals surface area (Å²) in [6.07, 6.45) is 0. The highest BCUT2D eigenvalue weighted by molar-refractivity contribution is 6.33. The molecule has 2 aromatic heterocycles. The van der Waals surface area contributed by atoms with Gasteiger partial charge in [0.15, 0.2) is 5.82 Å². The van der Waals surface area contributed by atoms with Crippen LogP contribution in [-0.4, -0.2) is 19.6 Å². The largest absolute Gasteiger partial charge is 0.398 e. The summed E-state index contributed by atoms with van der Waals surface area (Å²) in [5, 5.41) is 3.36. The number of fused-ring (bicyclic) bond motifs is 1. The number of nitrogen functional groups attached to an aromatic ring is 1. The molecule has 0 spiro atoms. The zero-order valence-electron chi connectivity index (χ0n) is 10.0. The molecule has 6 nitrogen and oxygen atoms in total. The second kappa shape index (κ2) is 4.10. The molecule has 3 rings (SSSR count). The van der Waals surface area contributed by atoms with Crippen LogP contribution in [0.2, 0.25) is 5.02 Å². The SMILES string of the molecule is Cc1cc(=O)n2[nH]c(-c3ccc(Cl)c(N)c3)nc2n1. The summed E-state index contributed by atoms with van der Waals surface area (Å²) >= 11 is 5.87. The molecular weight excluding hydrogens is 266 g/mol. The molecule has 3 N–H and O–H groups in total. The number of aryl methyl sites for hydroxylation is 1. The van der Waals surface area contributed by atoms with Gasteiger partial charge in [0.05, 0.1) is 10.7 Å². The van der Waals surface area contributed by atoms with E-state index >= 15 is 0 Å². The van der Waals surface area contributed by atoms with Gasteiger partial charge >= 0.3 is 0 Å². The first-order valence-corrected chi connectivity index (χ1v) is 5.94. The van der Waals surface area contributed by atoms with Gasteiger partial charge in [0.2, 0.25) is 0 Å². The van der Waals surface area contributed by atoms with E-state index in [1.54, 1.807) is 25.1 Å². The third-order valence-electron chi connectivity index (χ3n) is 2.73. The molecule has 2 heterocycles. The van der Waals surface area contributed by atoms with Crippen molar-refractivity contribution >= 4 is 23.1 Å². The Morgan fingerprint density at radius 3 is 2.84 bits per heavy atom. The Kier molecular flexibility index (Phi) is 2.53. The predicted octanol–water partition coefficient (Wildman–Crippen LogP) is 1.63. The molecule has 0 amide bonds. The van der Waals surface area contributed by atoms with E-state index < -0.39 is 0 Å². The molecule has 0 bridgehead atoms. The maximum absolute atomic E-state index is 11.8. The third kappa shape index (κ3) is 1.96. The fourth-order valence-electron chi connectivity index (χ4n) is 1.81. The van der Waals surface area contributed by atoms with E-state index in [1.807, 2.05) is 0 Å². The Balaban J connectivity index is 2.23. The van der Waals surface area contributed by atoms with Gasteiger partial charge in [0.1, 0.15) is 0 Å². The minimum Gasteiger partial charge on any atom is -0.398 e. The molecule has 96 valence electrons. The van der Waals surface area contributed by atoms with Gasteiger partial charge in [0, 0.05) is 17.3 Å². The van der Waals surface area contributed by atoms with Crippen molar-refractivity contribution < 1.29 is 0 Å². The third-order valence-corrected chi connectivity index (χ3v) is 3.07. The van der Waals surface area contributed by atoms with Gasteiger partial charge in [-0.25, -0.2) is 4.98 Å². The number of anilines is 1. The van der Waals surface area contributed by atoms with Crippen molar-refractivity contribution in [1.29, 1.82) is 0 Å². The van der Waals surface area contributed by atoms with E-state index in [2.05, 4.69) is 15.1 Å². The fourth-order valence-corrected chi connectivity index (χ4v) is 1.93. The zero-order valence-corrected chi connectivity index (χ0v) is 10.8. The van der Waals surface area contributed by atoms with Gasteiger partial charge in [-0.2, -0.15) is 9.50 Å². The van der Waals surface area contributed by atoms with E-state index in [-0.39, 0.29) is 5.56 Å². The van der Waals surface area contributed by atoms with Crippen molar-refractivity contribution in [2.75, 3.05) is 5.73 Å². The summed E-state index contributed by atoms with van der Waals surface area (Å²) in [7, 11) is 0. The first kappa shape index (κ1) is 11.7. The lowest BCUT2D eigenvalue weighted by atomic mass is 10.2. The smallest absolute Gasteiger partial charge is 0.274 e. The average molecular weight is 276 g/mol. The van der Waals surface area contributed by atoms with Gasteiger partial charge in [-0.15, -0.1) is 0 Å². The average Bonchev–Trinajstić information content (AvgIpc) is 2.76. The van der Waals surface area contributed by atoms with Crippen molar-refractivity contribution in [3.05, 3.63) is 45.3 Å². The van der Waals surface area contributed by atoms with Gasteiger partial charge in [-0.05, 0) is 25.1 Å². The van der Waals surface area contributed by atoms with Gasteiger partial charge in [-0.1, -0.05) is 11.6 Å². The molecular formula is C12H10ClN5O. The molecule has 0 radical (unpaired) electrons. The van der Waals surface area contributed by atoms with E-state index in [0.717, 1.165) is 5.56 Å². The summed E-state index contributed by atoms with van der Waals surface area (Å²) < 4.78 is 1.28. The van der Waals surface area contributed by atoms with Crippen LogP contribution in [0.25, 0.3) is 17.2 Å². The number of rotatable bonds is 1. The van der Waals surface area contributed by atoms with E-state index in [9.17, 15) is 4.79 Å². The lowest BCUT2D eigenvalue weighted by Gasteiger charge is -2.00. The second-order valence-electron chi connectivity index (χ2n) is 4.18. The van der Waals surface area contributed by atoms with E-state index in [1.165, 1.54) is 10.6 Å². The molecule has 0 aliphatic carbocycles. The van der Waals surface area contributed by atoms with Gasteiger partial charge in [0.25, 0.3) is 11.3 Å². The summed E-state index contributed by atoms with van der Waals surface area (Å²) in [6, 6.07) is 6.58. The fraction of sp³-hybridized carbons (Fsp3) is 0.0833. The Hall–Kier alpha value is -2.34. The summed E-state index contributed by atoms with van der Waals surface area (Å²) in [5.41, 5.74) is 7.36. The minimum atomic E-state index is -0.205. The van der Waals surface area contributed by atoms with Crippen molar-refractivity contribution in [3.8, 4) is 11.4 Å². The number of aromatic nitrogens is 4. The summed E-state index contributed by atoms with van der Waals surface area (Å²) in [5.74, 6) is 0.840. The lowest BCUT2D eigenvalue weighted by Crippen LogP contribution is -2.14. The molecule has 0 fully saturated rings. The Morgan fingerprint density at radius 2 is 2.11 bits per heavy atom. The number of H-pyrrole nitrogens is 1. The van der Waals surface area contributed by atoms with Crippen LogP contribution in [0, 0.1) is 6.92 Å². The Morgan fingerprint density at radius 1 is 1.32 bits per heavy atom. The number of benzene rings is 1. The number of nitrogens with zero attached hydrogens (tertiary/aromatic N) is 3. The molecule has 3 aromatic rings. The number of nitrogens with one attached hydrogen (secondary N) is 1. The van der Waals surface area contributed by atoms with Crippen molar-refractivity contribution in [3.63, 3.8) is 0 Å². The summed E-state index contributed by atoms with van der Waals surface area (Å²) in [4.78, 5) is 20.2. The van der Waals surface area contributed by atoms with Crippen LogP contribution < -0.4 is 11.3 Å². The molecule has 0 unspecified atom stereocenters. The van der Waals surface area contributed by atoms with E-state index in [0.29, 0.717) is 28.0 Å². The van der Waals surface area contributed by atoms with Crippen LogP contribution in [0.3, 0.4) is 0 Å². The number of hydrogen-bond donors (Lipinski definition) is 2. The molecule has 0 saturated heterocycles. The Labute approximate surface area is 112 Å². The topological polar surface area (TPSA) is 89.1 Å². The minimum absolute atomic E-state index is 0.205. The maximum Gasteiger partial charge on any atom is 0.274 e. The highest BCUT2D eigenvalue weighted by atomic mass is 35.5. The maximum atomic E-state index is 11.8. The number of aromatic amines is 1. The van der Waals surface area contributed by atoms with Crippen molar-refractivity contribution in [2.45, 2.75) is 6.92 Å². The molecule has 7 heteroatoms. The van der Waals surface area contributed by atoms with Gasteiger partial charge in [-0.3, -0.25) is 9.89 Å². The van der Waals surface area contributed by atoms with Crippen LogP contribution in [0.5, 0.6) is 0 Å². The molecule has 0 saturated carbocycles. The predicted molar refractivity (Wildman–Crippen MR) is 73.2 cm³/mol. The number of hydrogen-bond acceptors (Lipinski definition) is 4. The molecule has 1 aromatic carbocycles. The number of nitrogens with two attached hydrogens (primary N) is 1. The monoisotopic (exact) mass is 275 g/mol. The van der Waals surface area contributed by atoms with Gasteiger partial charge < -0.3 is 5.73 Å². The first-order valence-electron chi connectivity index (χ1n) is 5.56. The second-order valence-corrected chi connectivity index (χ2v) is 4.59. The standard InChI is InChI=1S/C12H10ClN5O/c1-6-4-10(19)18-12(15-6)16-11(17-18)7-2-3-8(13)9(14)5-7/h2-5H,14H2,1H3,(H,15,16,17). The molecule has 0 aliphatic rings. The first-order chi connectivity index (χ1) is 9.04. The van der Waals surface area contributed by atoms with Crippen LogP contribution in [0.15, 0.2) is 29.1 Å². The number of halogens is 1. The quantitative estimate of drug-likeness (QED) is 0.661. The normalized spacial score (nSPS) is 11.1. The van der Waals surface area contributed by atoms with Crippen LogP contribution in [0.4, 0.5) is 5.69 Å². The van der Waals surface area contributed by atoms with E-state index in [4.69, 9.17) is 17.3 Å². The lowest BCUT2D eigenvalue weighted by molar-refractivity contribution is 0.892. The van der Waals surface area contributed by atoms with Crippen molar-refractivity contribution in [1.82, 2.24) is 19.6 Å². The Bertz CT molecular complexity index is 836. The van der Waals surface area contributed by atoms with Crippen LogP contribution >= 0.6 is 11.6 Å². The zero-order chi connectivity index (χ0) is 13.6.